The molecule has 0 fully saturated rings. The van der Waals surface area contributed by atoms with Crippen molar-refractivity contribution in [3.05, 3.63) is 0 Å². The van der Waals surface area contributed by atoms with Gasteiger partial charge in [-0.15, -0.1) is 0 Å². The van der Waals surface area contributed by atoms with Gasteiger partial charge in [0.2, 0.25) is 5.91 Å². The molecule has 0 aliphatic carbocycles. The Kier molecular flexibility index (Phi) is 8.20. The highest BCUT2D eigenvalue weighted by atomic mass is 16.3. The van der Waals surface area contributed by atoms with Crippen molar-refractivity contribution in [1.29, 1.82) is 0 Å². The van der Waals surface area contributed by atoms with Crippen LogP contribution in [-0.4, -0.2) is 29.7 Å². The first kappa shape index (κ1) is 17.4. The Morgan fingerprint density at radius 3 is 2.39 bits per heavy atom. The van der Waals surface area contributed by atoms with Gasteiger partial charge < -0.3 is 16.2 Å². The maximum atomic E-state index is 11.9. The Labute approximate surface area is 111 Å². The molecular weight excluding hydrogens is 228 g/mol. The zero-order valence-electron chi connectivity index (χ0n) is 12.3. The highest BCUT2D eigenvalue weighted by molar-refractivity contribution is 5.76. The molecule has 0 saturated carbocycles. The number of hydrogen-bond donors (Lipinski definition) is 3. The normalized spacial score (nSPS) is 16.4. The number of nitrogens with two attached hydrogens (primary N) is 1. The molecule has 0 aromatic heterocycles. The number of nitrogens with one attached hydrogen (secondary N) is 1. The van der Waals surface area contributed by atoms with Crippen molar-refractivity contribution in [2.75, 3.05) is 13.2 Å². The van der Waals surface area contributed by atoms with Gasteiger partial charge in [0.15, 0.2) is 0 Å². The second-order valence-corrected chi connectivity index (χ2v) is 5.74. The minimum atomic E-state index is -0.488. The van der Waals surface area contributed by atoms with E-state index in [4.69, 9.17) is 5.73 Å². The van der Waals surface area contributed by atoms with E-state index in [2.05, 4.69) is 19.2 Å². The highest BCUT2D eigenvalue weighted by Crippen LogP contribution is 2.20. The van der Waals surface area contributed by atoms with Gasteiger partial charge in [-0.05, 0) is 44.6 Å². The summed E-state index contributed by atoms with van der Waals surface area (Å²) >= 11 is 0. The zero-order chi connectivity index (χ0) is 14.2. The zero-order valence-corrected chi connectivity index (χ0v) is 12.3. The third-order valence-corrected chi connectivity index (χ3v) is 3.79. The van der Waals surface area contributed by atoms with Crippen LogP contribution in [0.25, 0.3) is 0 Å². The van der Waals surface area contributed by atoms with E-state index in [1.54, 1.807) is 0 Å². The molecule has 1 amide bonds. The van der Waals surface area contributed by atoms with Crippen LogP contribution in [0.2, 0.25) is 0 Å². The van der Waals surface area contributed by atoms with Gasteiger partial charge in [-0.3, -0.25) is 4.79 Å². The second-order valence-electron chi connectivity index (χ2n) is 5.74. The predicted molar refractivity (Wildman–Crippen MR) is 75.2 cm³/mol. The monoisotopic (exact) mass is 258 g/mol. The maximum absolute atomic E-state index is 11.9. The summed E-state index contributed by atoms with van der Waals surface area (Å²) in [5, 5.41) is 12.2. The Bertz CT molecular complexity index is 238. The number of aliphatic hydroxyl groups excluding tert-OH is 1. The molecule has 0 rings (SSSR count). The van der Waals surface area contributed by atoms with E-state index in [0.29, 0.717) is 24.8 Å². The minimum absolute atomic E-state index is 0.0222. The number of carbonyl (C=O) groups excluding carboxylic acids is 1. The average Bonchev–Trinajstić information content (AvgIpc) is 2.33. The van der Waals surface area contributed by atoms with Crippen LogP contribution < -0.4 is 11.1 Å². The van der Waals surface area contributed by atoms with Gasteiger partial charge in [-0.25, -0.2) is 0 Å². The third-order valence-electron chi connectivity index (χ3n) is 3.79. The first-order valence-electron chi connectivity index (χ1n) is 7.00. The summed E-state index contributed by atoms with van der Waals surface area (Å²) in [4.78, 5) is 11.9. The van der Waals surface area contributed by atoms with Gasteiger partial charge >= 0.3 is 0 Å². The fraction of sp³-hybridized carbons (Fsp3) is 0.929. The van der Waals surface area contributed by atoms with Crippen LogP contribution in [0, 0.1) is 11.8 Å². The molecule has 4 heteroatoms. The molecule has 4 nitrogen and oxygen atoms in total. The van der Waals surface area contributed by atoms with Crippen molar-refractivity contribution in [2.45, 2.75) is 58.9 Å². The Morgan fingerprint density at radius 1 is 1.39 bits per heavy atom. The van der Waals surface area contributed by atoms with Crippen LogP contribution in [0.5, 0.6) is 0 Å². The van der Waals surface area contributed by atoms with Gasteiger partial charge in [0, 0.05) is 6.42 Å². The van der Waals surface area contributed by atoms with Crippen LogP contribution in [0.3, 0.4) is 0 Å². The lowest BCUT2D eigenvalue weighted by molar-refractivity contribution is -0.123. The van der Waals surface area contributed by atoms with Crippen molar-refractivity contribution in [2.24, 2.45) is 17.6 Å². The fourth-order valence-electron chi connectivity index (χ4n) is 1.98. The van der Waals surface area contributed by atoms with Gasteiger partial charge in [0.05, 0.1) is 12.1 Å². The molecule has 0 aliphatic heterocycles. The number of hydrogen-bond acceptors (Lipinski definition) is 3. The smallest absolute Gasteiger partial charge is 0.220 e. The Hall–Kier alpha value is -0.610. The first-order valence-corrected chi connectivity index (χ1v) is 7.00. The molecule has 4 N–H and O–H groups in total. The standard InChI is InChI=1S/C14H30N2O2/c1-5-14(4,10-17)16-13(18)7-6-12(8-9-15)11(2)3/h11-12,17H,5-10,15H2,1-4H3,(H,16,18). The molecule has 0 heterocycles. The molecule has 0 radical (unpaired) electrons. The summed E-state index contributed by atoms with van der Waals surface area (Å²) in [6.07, 6.45) is 3.08. The van der Waals surface area contributed by atoms with Crippen molar-refractivity contribution in [1.82, 2.24) is 5.32 Å². The number of aliphatic hydroxyl groups is 1. The SMILES string of the molecule is CCC(C)(CO)NC(=O)CCC(CCN)C(C)C. The van der Waals surface area contributed by atoms with E-state index >= 15 is 0 Å². The molecule has 0 spiro atoms. The maximum Gasteiger partial charge on any atom is 0.220 e. The van der Waals surface area contributed by atoms with Gasteiger partial charge in [-0.1, -0.05) is 20.8 Å². The summed E-state index contributed by atoms with van der Waals surface area (Å²) in [6.45, 7) is 8.82. The largest absolute Gasteiger partial charge is 0.394 e. The number of rotatable bonds is 9. The lowest BCUT2D eigenvalue weighted by atomic mass is 9.88. The molecule has 2 unspecified atom stereocenters. The molecule has 2 atom stereocenters. The minimum Gasteiger partial charge on any atom is -0.394 e. The molecule has 0 bridgehead atoms. The van der Waals surface area contributed by atoms with Crippen LogP contribution in [-0.2, 0) is 4.79 Å². The van der Waals surface area contributed by atoms with E-state index in [1.807, 2.05) is 13.8 Å². The molecule has 18 heavy (non-hydrogen) atoms. The van der Waals surface area contributed by atoms with Crippen molar-refractivity contribution in [3.63, 3.8) is 0 Å². The number of carbonyl (C=O) groups is 1. The quantitative estimate of drug-likeness (QED) is 0.589. The van der Waals surface area contributed by atoms with Crippen molar-refractivity contribution >= 4 is 5.91 Å². The summed E-state index contributed by atoms with van der Waals surface area (Å²) in [6, 6.07) is 0. The van der Waals surface area contributed by atoms with Crippen LogP contribution in [0.4, 0.5) is 0 Å². The highest BCUT2D eigenvalue weighted by Gasteiger charge is 2.23. The summed E-state index contributed by atoms with van der Waals surface area (Å²) < 4.78 is 0. The first-order chi connectivity index (χ1) is 8.38. The van der Waals surface area contributed by atoms with Crippen LogP contribution in [0.1, 0.15) is 53.4 Å². The second kappa shape index (κ2) is 8.48. The fourth-order valence-corrected chi connectivity index (χ4v) is 1.98. The molecule has 0 aliphatic rings. The predicted octanol–water partition coefficient (Wildman–Crippen LogP) is 1.66. The molecule has 0 aromatic carbocycles. The Morgan fingerprint density at radius 2 is 2.00 bits per heavy atom. The topological polar surface area (TPSA) is 75.3 Å². The summed E-state index contributed by atoms with van der Waals surface area (Å²) in [5.74, 6) is 1.08. The van der Waals surface area contributed by atoms with Crippen LogP contribution >= 0.6 is 0 Å². The van der Waals surface area contributed by atoms with Crippen LogP contribution in [0.15, 0.2) is 0 Å². The lowest BCUT2D eigenvalue weighted by Crippen LogP contribution is -2.48. The van der Waals surface area contributed by atoms with E-state index < -0.39 is 5.54 Å². The average molecular weight is 258 g/mol. The molecular formula is C14H30N2O2. The Balaban J connectivity index is 4.16. The van der Waals surface area contributed by atoms with E-state index in [1.165, 1.54) is 0 Å². The summed E-state index contributed by atoms with van der Waals surface area (Å²) in [5.41, 5.74) is 5.10. The molecule has 108 valence electrons. The summed E-state index contributed by atoms with van der Waals surface area (Å²) in [7, 11) is 0. The number of amides is 1. The van der Waals surface area contributed by atoms with E-state index in [0.717, 1.165) is 19.3 Å². The van der Waals surface area contributed by atoms with Crippen molar-refractivity contribution in [3.8, 4) is 0 Å². The third kappa shape index (κ3) is 6.36. The molecule has 0 aromatic rings. The van der Waals surface area contributed by atoms with E-state index in [9.17, 15) is 9.90 Å². The lowest BCUT2D eigenvalue weighted by Gasteiger charge is -2.28. The van der Waals surface area contributed by atoms with E-state index in [-0.39, 0.29) is 12.5 Å². The van der Waals surface area contributed by atoms with Gasteiger partial charge in [-0.2, -0.15) is 0 Å². The molecule has 0 saturated heterocycles. The van der Waals surface area contributed by atoms with Gasteiger partial charge in [0.25, 0.3) is 0 Å². The van der Waals surface area contributed by atoms with Crippen molar-refractivity contribution < 1.29 is 9.90 Å². The van der Waals surface area contributed by atoms with Gasteiger partial charge in [0.1, 0.15) is 0 Å².